The number of nitrogen functional groups attached to an aromatic ring is 1. The van der Waals surface area contributed by atoms with Gasteiger partial charge in [0.05, 0.1) is 18.2 Å². The number of carbonyl (C=O) groups is 2. The topological polar surface area (TPSA) is 92.9 Å². The van der Waals surface area contributed by atoms with Crippen molar-refractivity contribution in [3.63, 3.8) is 0 Å². The Kier molecular flexibility index (Phi) is 6.85. The molecule has 122 valence electrons. The summed E-state index contributed by atoms with van der Waals surface area (Å²) in [4.78, 5) is 24.4. The molecule has 1 aromatic carbocycles. The van der Waals surface area contributed by atoms with Crippen LogP contribution in [0.25, 0.3) is 0 Å². The molecule has 0 amide bonds. The summed E-state index contributed by atoms with van der Waals surface area (Å²) in [6, 6.07) is 5.03. The first-order chi connectivity index (χ1) is 10.3. The molecule has 0 atom stereocenters. The van der Waals surface area contributed by atoms with E-state index >= 15 is 0 Å². The molecule has 3 N–H and O–H groups in total. The minimum atomic E-state index is -0.841. The normalized spacial score (nSPS) is 11.0. The van der Waals surface area contributed by atoms with Gasteiger partial charge in [0.2, 0.25) is 0 Å². The van der Waals surface area contributed by atoms with E-state index in [1.54, 1.807) is 25.2 Å². The van der Waals surface area contributed by atoms with Gasteiger partial charge < -0.3 is 20.5 Å². The summed E-state index contributed by atoms with van der Waals surface area (Å²) in [5.41, 5.74) is 6.88. The van der Waals surface area contributed by atoms with Crippen LogP contribution in [0.15, 0.2) is 18.2 Å². The molecule has 6 heteroatoms. The summed E-state index contributed by atoms with van der Waals surface area (Å²) in [7, 11) is 1.80. The largest absolute Gasteiger partial charge is 0.489 e. The average molecular weight is 308 g/mol. The van der Waals surface area contributed by atoms with Crippen molar-refractivity contribution < 1.29 is 19.4 Å². The van der Waals surface area contributed by atoms with Crippen molar-refractivity contribution in [3.8, 4) is 5.75 Å². The van der Waals surface area contributed by atoms with E-state index in [0.29, 0.717) is 36.5 Å². The zero-order valence-electron chi connectivity index (χ0n) is 13.3. The van der Waals surface area contributed by atoms with Gasteiger partial charge in [0.25, 0.3) is 0 Å². The molecule has 0 fully saturated rings. The number of rotatable bonds is 9. The predicted octanol–water partition coefficient (Wildman–Crippen LogP) is 2.04. The van der Waals surface area contributed by atoms with E-state index in [2.05, 4.69) is 0 Å². The average Bonchev–Trinajstić information content (AvgIpc) is 2.44. The van der Waals surface area contributed by atoms with Gasteiger partial charge in [-0.1, -0.05) is 0 Å². The van der Waals surface area contributed by atoms with Gasteiger partial charge in [0, 0.05) is 25.1 Å². The van der Waals surface area contributed by atoms with Crippen LogP contribution in [0, 0.1) is 0 Å². The fourth-order valence-corrected chi connectivity index (χ4v) is 1.92. The predicted molar refractivity (Wildman–Crippen MR) is 85.3 cm³/mol. The van der Waals surface area contributed by atoms with E-state index in [1.807, 2.05) is 18.7 Å². The number of carbonyl (C=O) groups excluding carboxylic acids is 1. The first-order valence-corrected chi connectivity index (χ1v) is 7.29. The van der Waals surface area contributed by atoms with Gasteiger partial charge in [-0.3, -0.25) is 9.59 Å². The van der Waals surface area contributed by atoms with Crippen LogP contribution in [0.4, 0.5) is 5.69 Å². The molecule has 1 aromatic rings. The van der Waals surface area contributed by atoms with Crippen molar-refractivity contribution in [3.05, 3.63) is 23.8 Å². The van der Waals surface area contributed by atoms with E-state index in [1.165, 1.54) is 0 Å². The van der Waals surface area contributed by atoms with Crippen LogP contribution in [-0.2, 0) is 4.79 Å². The molecule has 6 nitrogen and oxygen atoms in total. The van der Waals surface area contributed by atoms with Crippen molar-refractivity contribution >= 4 is 17.4 Å². The summed E-state index contributed by atoms with van der Waals surface area (Å²) in [5.74, 6) is -0.290. The zero-order chi connectivity index (χ0) is 16.7. The maximum atomic E-state index is 12.1. The monoisotopic (exact) mass is 308 g/mol. The van der Waals surface area contributed by atoms with E-state index in [9.17, 15) is 9.59 Å². The summed E-state index contributed by atoms with van der Waals surface area (Å²) in [6.45, 7) is 4.75. The van der Waals surface area contributed by atoms with Crippen LogP contribution < -0.4 is 10.5 Å². The summed E-state index contributed by atoms with van der Waals surface area (Å²) in [6.07, 6.45) is 0.408. The minimum Gasteiger partial charge on any atom is -0.489 e. The number of benzene rings is 1. The van der Waals surface area contributed by atoms with Gasteiger partial charge in [0.1, 0.15) is 5.75 Å². The lowest BCUT2D eigenvalue weighted by Gasteiger charge is -2.15. The fourth-order valence-electron chi connectivity index (χ4n) is 1.92. The van der Waals surface area contributed by atoms with Crippen LogP contribution >= 0.6 is 0 Å². The Bertz CT molecular complexity index is 529. The number of anilines is 1. The standard InChI is InChI=1S/C16H24N2O4/c1-11(2)22-15-5-4-12(10-13(15)17)14(19)6-8-18(3)9-7-16(20)21/h4-5,10-11H,6-9,17H2,1-3H3,(H,20,21). The Morgan fingerprint density at radius 2 is 1.91 bits per heavy atom. The highest BCUT2D eigenvalue weighted by atomic mass is 16.5. The molecule has 0 radical (unpaired) electrons. The highest BCUT2D eigenvalue weighted by Gasteiger charge is 2.11. The second-order valence-electron chi connectivity index (χ2n) is 5.54. The number of nitrogens with zero attached hydrogens (tertiary/aromatic N) is 1. The second-order valence-corrected chi connectivity index (χ2v) is 5.54. The maximum absolute atomic E-state index is 12.1. The highest BCUT2D eigenvalue weighted by Crippen LogP contribution is 2.24. The number of ether oxygens (including phenoxy) is 1. The summed E-state index contributed by atoms with van der Waals surface area (Å²) >= 11 is 0. The lowest BCUT2D eigenvalue weighted by atomic mass is 10.1. The molecule has 0 saturated carbocycles. The first kappa shape index (κ1) is 18.0. The first-order valence-electron chi connectivity index (χ1n) is 7.29. The van der Waals surface area contributed by atoms with Gasteiger partial charge in [-0.05, 0) is 39.1 Å². The van der Waals surface area contributed by atoms with Gasteiger partial charge >= 0.3 is 5.97 Å². The van der Waals surface area contributed by atoms with Crippen LogP contribution in [0.2, 0.25) is 0 Å². The molecule has 0 unspecified atom stereocenters. The number of hydrogen-bond acceptors (Lipinski definition) is 5. The number of hydrogen-bond donors (Lipinski definition) is 2. The summed E-state index contributed by atoms with van der Waals surface area (Å²) in [5, 5.41) is 8.62. The smallest absolute Gasteiger partial charge is 0.304 e. The van der Waals surface area contributed by atoms with Gasteiger partial charge in [-0.2, -0.15) is 0 Å². The Balaban J connectivity index is 2.55. The number of ketones is 1. The quantitative estimate of drug-likeness (QED) is 0.535. The van der Waals surface area contributed by atoms with Crippen molar-refractivity contribution in [1.29, 1.82) is 0 Å². The van der Waals surface area contributed by atoms with Crippen molar-refractivity contribution in [2.24, 2.45) is 0 Å². The number of carboxylic acids is 1. The molecule has 0 aliphatic heterocycles. The number of carboxylic acid groups (broad SMARTS) is 1. The third-order valence-corrected chi connectivity index (χ3v) is 3.12. The van der Waals surface area contributed by atoms with Crippen molar-refractivity contribution in [2.75, 3.05) is 25.9 Å². The number of Topliss-reactive ketones (excluding diaryl/α,β-unsaturated/α-hetero) is 1. The van der Waals surface area contributed by atoms with E-state index in [-0.39, 0.29) is 18.3 Å². The molecule has 0 aliphatic carbocycles. The second kappa shape index (κ2) is 8.38. The third kappa shape index (κ3) is 6.13. The van der Waals surface area contributed by atoms with Crippen LogP contribution in [0.3, 0.4) is 0 Å². The highest BCUT2D eigenvalue weighted by molar-refractivity contribution is 5.97. The summed E-state index contributed by atoms with van der Waals surface area (Å²) < 4.78 is 5.53. The van der Waals surface area contributed by atoms with E-state index in [0.717, 1.165) is 0 Å². The minimum absolute atomic E-state index is 0.0201. The Morgan fingerprint density at radius 1 is 1.27 bits per heavy atom. The van der Waals surface area contributed by atoms with Crippen LogP contribution in [0.5, 0.6) is 5.75 Å². The zero-order valence-corrected chi connectivity index (χ0v) is 13.3. The Hall–Kier alpha value is -2.08. The fraction of sp³-hybridized carbons (Fsp3) is 0.500. The van der Waals surface area contributed by atoms with Gasteiger partial charge in [-0.25, -0.2) is 0 Å². The van der Waals surface area contributed by atoms with Crippen LogP contribution in [-0.4, -0.2) is 48.0 Å². The molecular formula is C16H24N2O4. The molecule has 22 heavy (non-hydrogen) atoms. The van der Waals surface area contributed by atoms with Gasteiger partial charge in [-0.15, -0.1) is 0 Å². The lowest BCUT2D eigenvalue weighted by molar-refractivity contribution is -0.137. The van der Waals surface area contributed by atoms with Crippen molar-refractivity contribution in [1.82, 2.24) is 4.90 Å². The number of nitrogens with two attached hydrogens (primary N) is 1. The van der Waals surface area contributed by atoms with E-state index in [4.69, 9.17) is 15.6 Å². The Morgan fingerprint density at radius 3 is 2.45 bits per heavy atom. The molecule has 1 rings (SSSR count). The van der Waals surface area contributed by atoms with Gasteiger partial charge in [0.15, 0.2) is 5.78 Å². The molecule has 0 spiro atoms. The molecule has 0 aromatic heterocycles. The molecule has 0 heterocycles. The Labute approximate surface area is 130 Å². The van der Waals surface area contributed by atoms with E-state index < -0.39 is 5.97 Å². The lowest BCUT2D eigenvalue weighted by Crippen LogP contribution is -2.24. The molecule has 0 bridgehead atoms. The SMILES string of the molecule is CC(C)Oc1ccc(C(=O)CCN(C)CCC(=O)O)cc1N. The number of aliphatic carboxylic acids is 1. The van der Waals surface area contributed by atoms with Crippen molar-refractivity contribution in [2.45, 2.75) is 32.8 Å². The molecular weight excluding hydrogens is 284 g/mol. The molecule has 0 saturated heterocycles. The van der Waals surface area contributed by atoms with Crippen LogP contribution in [0.1, 0.15) is 37.0 Å². The molecule has 0 aliphatic rings. The maximum Gasteiger partial charge on any atom is 0.304 e. The third-order valence-electron chi connectivity index (χ3n) is 3.12.